The van der Waals surface area contributed by atoms with Gasteiger partial charge < -0.3 is 24.2 Å². The minimum absolute atomic E-state index is 0.0380. The molecule has 1 heterocycles. The van der Waals surface area contributed by atoms with Crippen LogP contribution in [0.25, 0.3) is 0 Å². The summed E-state index contributed by atoms with van der Waals surface area (Å²) in [7, 11) is 4.82. The molecule has 1 aliphatic heterocycles. The number of β-amino-alcohol motifs (C(OH)–C–C–N with tert-alkyl or cyclic N) is 1. The summed E-state index contributed by atoms with van der Waals surface area (Å²) in [6.45, 7) is 0.524. The highest BCUT2D eigenvalue weighted by Gasteiger charge is 2.40. The first-order valence-electron chi connectivity index (χ1n) is 11.7. The van der Waals surface area contributed by atoms with E-state index >= 15 is 0 Å². The Kier molecular flexibility index (Phi) is 5.79. The normalized spacial score (nSPS) is 19.2. The number of allylic oxidation sites excluding steroid dienone is 2. The highest BCUT2D eigenvalue weighted by Crippen LogP contribution is 2.52. The second-order valence-electron chi connectivity index (χ2n) is 8.94. The average Bonchev–Trinajstić information content (AvgIpc) is 3.30. The molecule has 33 heavy (non-hydrogen) atoms. The first-order chi connectivity index (χ1) is 16.1. The molecule has 5 rings (SSSR count). The van der Waals surface area contributed by atoms with Crippen molar-refractivity contribution in [1.29, 1.82) is 0 Å². The lowest BCUT2D eigenvalue weighted by Gasteiger charge is -2.41. The number of benzene rings is 2. The van der Waals surface area contributed by atoms with Crippen molar-refractivity contribution in [2.75, 3.05) is 39.4 Å². The van der Waals surface area contributed by atoms with Crippen LogP contribution in [0.5, 0.6) is 17.2 Å². The van der Waals surface area contributed by atoms with E-state index in [2.05, 4.69) is 17.0 Å². The molecule has 0 bridgehead atoms. The first-order valence-corrected chi connectivity index (χ1v) is 11.7. The number of carbonyl (C=O) groups is 1. The number of hydrogen-bond donors (Lipinski definition) is 1. The van der Waals surface area contributed by atoms with Gasteiger partial charge in [-0.3, -0.25) is 4.79 Å². The fourth-order valence-electron chi connectivity index (χ4n) is 5.82. The van der Waals surface area contributed by atoms with E-state index in [9.17, 15) is 9.90 Å². The zero-order chi connectivity index (χ0) is 23.1. The first kappa shape index (κ1) is 21.8. The largest absolute Gasteiger partial charge is 0.493 e. The van der Waals surface area contributed by atoms with Crippen molar-refractivity contribution in [2.24, 2.45) is 0 Å². The van der Waals surface area contributed by atoms with Gasteiger partial charge in [0.25, 0.3) is 0 Å². The third-order valence-corrected chi connectivity index (χ3v) is 7.23. The van der Waals surface area contributed by atoms with E-state index in [1.165, 1.54) is 11.1 Å². The van der Waals surface area contributed by atoms with Crippen LogP contribution in [0.2, 0.25) is 0 Å². The predicted octanol–water partition coefficient (Wildman–Crippen LogP) is 4.15. The number of aliphatic hydroxyl groups is 1. The maximum atomic E-state index is 13.4. The minimum Gasteiger partial charge on any atom is -0.493 e. The van der Waals surface area contributed by atoms with Crippen molar-refractivity contribution >= 4 is 11.5 Å². The predicted molar refractivity (Wildman–Crippen MR) is 127 cm³/mol. The van der Waals surface area contributed by atoms with Crippen molar-refractivity contribution in [3.05, 3.63) is 57.8 Å². The van der Waals surface area contributed by atoms with Crippen molar-refractivity contribution in [2.45, 2.75) is 44.4 Å². The molecule has 174 valence electrons. The number of methoxy groups -OCH3 is 3. The summed E-state index contributed by atoms with van der Waals surface area (Å²) in [5.41, 5.74) is 7.81. The van der Waals surface area contributed by atoms with Crippen LogP contribution in [0, 0.1) is 0 Å². The SMILES string of the molecule is COc1cc(C2C3=C(CCCC3=O)N(CCO)c3cc4c(cc32)CCC4)cc(OC)c1OC. The third-order valence-electron chi connectivity index (χ3n) is 7.23. The smallest absolute Gasteiger partial charge is 0.203 e. The number of hydrogen-bond acceptors (Lipinski definition) is 6. The minimum atomic E-state index is -0.211. The molecule has 0 fully saturated rings. The van der Waals surface area contributed by atoms with Gasteiger partial charge in [-0.05, 0) is 72.6 Å². The Bertz CT molecular complexity index is 1110. The molecule has 6 nitrogen and oxygen atoms in total. The van der Waals surface area contributed by atoms with Gasteiger partial charge in [-0.2, -0.15) is 0 Å². The molecule has 2 aromatic carbocycles. The van der Waals surface area contributed by atoms with Gasteiger partial charge in [0.2, 0.25) is 5.75 Å². The van der Waals surface area contributed by atoms with Gasteiger partial charge in [0, 0.05) is 35.8 Å². The lowest BCUT2D eigenvalue weighted by Crippen LogP contribution is -2.37. The molecule has 0 amide bonds. The zero-order valence-electron chi connectivity index (χ0n) is 19.6. The number of Topliss-reactive ketones (excluding diaryl/α,β-unsaturated/α-hetero) is 1. The van der Waals surface area contributed by atoms with Crippen molar-refractivity contribution in [3.63, 3.8) is 0 Å². The van der Waals surface area contributed by atoms with Gasteiger partial charge in [0.05, 0.1) is 27.9 Å². The van der Waals surface area contributed by atoms with Crippen molar-refractivity contribution < 1.29 is 24.1 Å². The van der Waals surface area contributed by atoms with Crippen molar-refractivity contribution in [3.8, 4) is 17.2 Å². The fraction of sp³-hybridized carbons (Fsp3) is 0.444. The molecule has 0 radical (unpaired) electrons. The molecule has 2 aromatic rings. The second kappa shape index (κ2) is 8.75. The Morgan fingerprint density at radius 3 is 2.21 bits per heavy atom. The van der Waals surface area contributed by atoms with Crippen LogP contribution < -0.4 is 19.1 Å². The van der Waals surface area contributed by atoms with Gasteiger partial charge in [0.1, 0.15) is 0 Å². The van der Waals surface area contributed by atoms with E-state index in [4.69, 9.17) is 14.2 Å². The van der Waals surface area contributed by atoms with Gasteiger partial charge >= 0.3 is 0 Å². The van der Waals surface area contributed by atoms with Crippen LogP contribution in [0.4, 0.5) is 5.69 Å². The summed E-state index contributed by atoms with van der Waals surface area (Å²) in [5.74, 6) is 1.68. The maximum absolute atomic E-state index is 13.4. The van der Waals surface area contributed by atoms with Crippen LogP contribution in [0.15, 0.2) is 35.5 Å². The number of anilines is 1. The lowest BCUT2D eigenvalue weighted by atomic mass is 9.74. The summed E-state index contributed by atoms with van der Waals surface area (Å²) in [4.78, 5) is 15.6. The number of aryl methyl sites for hydroxylation is 2. The highest BCUT2D eigenvalue weighted by atomic mass is 16.5. The molecule has 3 aliphatic rings. The molecule has 0 saturated carbocycles. The lowest BCUT2D eigenvalue weighted by molar-refractivity contribution is -0.116. The van der Waals surface area contributed by atoms with Crippen LogP contribution in [0.3, 0.4) is 0 Å². The third kappa shape index (κ3) is 3.48. The van der Waals surface area contributed by atoms with Crippen LogP contribution in [0.1, 0.15) is 53.9 Å². The highest BCUT2D eigenvalue weighted by molar-refractivity contribution is 6.01. The molecular weight excluding hydrogens is 418 g/mol. The van der Waals surface area contributed by atoms with Gasteiger partial charge in [0.15, 0.2) is 17.3 Å². The standard InChI is InChI=1S/C27H31NO5/c1-31-23-14-18(15-24(32-2)27(23)33-3)25-19-12-16-6-4-7-17(16)13-21(19)28(10-11-29)20-8-5-9-22(30)26(20)25/h12-15,25,29H,4-11H2,1-3H3. The van der Waals surface area contributed by atoms with Gasteiger partial charge in [-0.15, -0.1) is 0 Å². The number of nitrogens with zero attached hydrogens (tertiary/aromatic N) is 1. The van der Waals surface area contributed by atoms with Gasteiger partial charge in [-0.1, -0.05) is 6.07 Å². The molecule has 1 N–H and O–H groups in total. The Hall–Kier alpha value is -2.99. The molecule has 1 unspecified atom stereocenters. The second-order valence-corrected chi connectivity index (χ2v) is 8.94. The molecular formula is C27H31NO5. The summed E-state index contributed by atoms with van der Waals surface area (Å²) < 4.78 is 16.8. The number of rotatable bonds is 6. The molecule has 6 heteroatoms. The molecule has 1 atom stereocenters. The molecule has 2 aliphatic carbocycles. The Balaban J connectivity index is 1.79. The molecule has 0 spiro atoms. The number of aliphatic hydroxyl groups excluding tert-OH is 1. The number of fused-ring (bicyclic) bond motifs is 2. The number of ketones is 1. The van der Waals surface area contributed by atoms with E-state index in [-0.39, 0.29) is 18.3 Å². The quantitative estimate of drug-likeness (QED) is 0.715. The monoisotopic (exact) mass is 449 g/mol. The van der Waals surface area contributed by atoms with Crippen LogP contribution in [-0.2, 0) is 17.6 Å². The summed E-state index contributed by atoms with van der Waals surface area (Å²) in [6.07, 6.45) is 5.51. The summed E-state index contributed by atoms with van der Waals surface area (Å²) >= 11 is 0. The van der Waals surface area contributed by atoms with E-state index in [0.29, 0.717) is 30.2 Å². The Labute approximate surface area is 194 Å². The Morgan fingerprint density at radius 1 is 0.909 bits per heavy atom. The number of ether oxygens (including phenoxy) is 3. The fourth-order valence-corrected chi connectivity index (χ4v) is 5.82. The summed E-state index contributed by atoms with van der Waals surface area (Å²) in [5, 5.41) is 9.87. The van der Waals surface area contributed by atoms with E-state index < -0.39 is 0 Å². The van der Waals surface area contributed by atoms with Crippen molar-refractivity contribution in [1.82, 2.24) is 0 Å². The van der Waals surface area contributed by atoms with Crippen LogP contribution in [-0.4, -0.2) is 45.4 Å². The van der Waals surface area contributed by atoms with E-state index in [1.807, 2.05) is 12.1 Å². The van der Waals surface area contributed by atoms with Gasteiger partial charge in [-0.25, -0.2) is 0 Å². The molecule has 0 saturated heterocycles. The van der Waals surface area contributed by atoms with Crippen LogP contribution >= 0.6 is 0 Å². The topological polar surface area (TPSA) is 68.2 Å². The Morgan fingerprint density at radius 2 is 1.58 bits per heavy atom. The van der Waals surface area contributed by atoms with E-state index in [0.717, 1.165) is 60.2 Å². The number of carbonyl (C=O) groups excluding carboxylic acids is 1. The van der Waals surface area contributed by atoms with E-state index in [1.54, 1.807) is 21.3 Å². The summed E-state index contributed by atoms with van der Waals surface area (Å²) in [6, 6.07) is 8.53. The zero-order valence-corrected chi connectivity index (χ0v) is 19.6. The average molecular weight is 450 g/mol. The molecule has 0 aromatic heterocycles. The maximum Gasteiger partial charge on any atom is 0.203 e.